The van der Waals surface area contributed by atoms with Gasteiger partial charge in [-0.05, 0) is 43.0 Å². The molecule has 0 amide bonds. The Morgan fingerprint density at radius 1 is 1.33 bits per heavy atom. The minimum absolute atomic E-state index is 0.323. The number of nitrogens with one attached hydrogen (secondary N) is 1. The number of carbonyl (C=O) groups is 1. The van der Waals surface area contributed by atoms with Crippen LogP contribution in [0.4, 0.5) is 10.1 Å². The highest BCUT2D eigenvalue weighted by atomic mass is 19.1. The highest BCUT2D eigenvalue weighted by Gasteiger charge is 2.41. The molecule has 2 rings (SSSR count). The SMILES string of the molecule is CC(C)CN1CCC(Nc2ccc(F)cc2)(C(=O)O)CC1. The predicted molar refractivity (Wildman–Crippen MR) is 80.9 cm³/mol. The summed E-state index contributed by atoms with van der Waals surface area (Å²) in [7, 11) is 0. The predicted octanol–water partition coefficient (Wildman–Crippen LogP) is 2.81. The average Bonchev–Trinajstić information content (AvgIpc) is 2.43. The Morgan fingerprint density at radius 2 is 1.90 bits per heavy atom. The number of aliphatic carboxylic acids is 1. The lowest BCUT2D eigenvalue weighted by Crippen LogP contribution is -2.54. The van der Waals surface area contributed by atoms with Crippen LogP contribution in [0.25, 0.3) is 0 Å². The van der Waals surface area contributed by atoms with E-state index in [-0.39, 0.29) is 5.82 Å². The van der Waals surface area contributed by atoms with Crippen LogP contribution in [-0.2, 0) is 4.79 Å². The van der Waals surface area contributed by atoms with Gasteiger partial charge in [-0.2, -0.15) is 0 Å². The Morgan fingerprint density at radius 3 is 2.38 bits per heavy atom. The van der Waals surface area contributed by atoms with E-state index in [1.165, 1.54) is 12.1 Å². The fourth-order valence-corrected chi connectivity index (χ4v) is 2.84. The molecule has 116 valence electrons. The number of carboxylic acids is 1. The minimum atomic E-state index is -0.953. The van der Waals surface area contributed by atoms with Gasteiger partial charge in [-0.1, -0.05) is 13.8 Å². The number of hydrogen-bond donors (Lipinski definition) is 2. The summed E-state index contributed by atoms with van der Waals surface area (Å²) < 4.78 is 12.9. The molecule has 1 aromatic carbocycles. The van der Waals surface area contributed by atoms with Gasteiger partial charge in [0.2, 0.25) is 0 Å². The molecular formula is C16H23FN2O2. The van der Waals surface area contributed by atoms with Gasteiger partial charge in [0.1, 0.15) is 11.4 Å². The summed E-state index contributed by atoms with van der Waals surface area (Å²) in [5.74, 6) is -0.583. The molecule has 0 aliphatic carbocycles. The Bertz CT molecular complexity index is 480. The molecular weight excluding hydrogens is 271 g/mol. The van der Waals surface area contributed by atoms with E-state index in [0.29, 0.717) is 24.4 Å². The van der Waals surface area contributed by atoms with E-state index in [1.807, 2.05) is 0 Å². The number of anilines is 1. The van der Waals surface area contributed by atoms with Gasteiger partial charge in [0, 0.05) is 25.3 Å². The minimum Gasteiger partial charge on any atom is -0.480 e. The standard InChI is InChI=1S/C16H23FN2O2/c1-12(2)11-19-9-7-16(8-10-19,15(20)21)18-14-5-3-13(17)4-6-14/h3-6,12,18H,7-11H2,1-2H3,(H,20,21). The Balaban J connectivity index is 2.05. The van der Waals surface area contributed by atoms with Gasteiger partial charge in [0.15, 0.2) is 0 Å². The van der Waals surface area contributed by atoms with Gasteiger partial charge >= 0.3 is 5.97 Å². The smallest absolute Gasteiger partial charge is 0.329 e. The molecule has 0 atom stereocenters. The number of benzene rings is 1. The average molecular weight is 294 g/mol. The van der Waals surface area contributed by atoms with Crippen molar-refractivity contribution in [3.8, 4) is 0 Å². The van der Waals surface area contributed by atoms with Crippen LogP contribution in [0.5, 0.6) is 0 Å². The summed E-state index contributed by atoms with van der Waals surface area (Å²) in [4.78, 5) is 14.0. The van der Waals surface area contributed by atoms with Crippen molar-refractivity contribution in [1.29, 1.82) is 0 Å². The molecule has 1 aliphatic rings. The van der Waals surface area contributed by atoms with E-state index in [2.05, 4.69) is 24.1 Å². The monoisotopic (exact) mass is 294 g/mol. The molecule has 5 heteroatoms. The van der Waals surface area contributed by atoms with Crippen LogP contribution < -0.4 is 5.32 Å². The summed E-state index contributed by atoms with van der Waals surface area (Å²) >= 11 is 0. The Kier molecular flexibility index (Phi) is 4.83. The molecule has 1 saturated heterocycles. The van der Waals surface area contributed by atoms with Gasteiger partial charge in [0.05, 0.1) is 0 Å². The molecule has 2 N–H and O–H groups in total. The molecule has 1 heterocycles. The Labute approximate surface area is 125 Å². The fraction of sp³-hybridized carbons (Fsp3) is 0.562. The van der Waals surface area contributed by atoms with E-state index in [9.17, 15) is 14.3 Å². The van der Waals surface area contributed by atoms with Crippen LogP contribution in [0.1, 0.15) is 26.7 Å². The number of carboxylic acid groups (broad SMARTS) is 1. The number of nitrogens with zero attached hydrogens (tertiary/aromatic N) is 1. The molecule has 0 saturated carbocycles. The quantitative estimate of drug-likeness (QED) is 0.877. The van der Waals surface area contributed by atoms with Crippen LogP contribution >= 0.6 is 0 Å². The van der Waals surface area contributed by atoms with Crippen molar-refractivity contribution in [2.75, 3.05) is 25.0 Å². The maximum atomic E-state index is 12.9. The first-order valence-electron chi connectivity index (χ1n) is 7.41. The van der Waals surface area contributed by atoms with Crippen molar-refractivity contribution in [3.05, 3.63) is 30.1 Å². The molecule has 0 unspecified atom stereocenters. The van der Waals surface area contributed by atoms with Gasteiger partial charge < -0.3 is 15.3 Å². The molecule has 0 spiro atoms. The maximum Gasteiger partial charge on any atom is 0.329 e. The van der Waals surface area contributed by atoms with E-state index >= 15 is 0 Å². The molecule has 1 aromatic rings. The molecule has 1 fully saturated rings. The van der Waals surface area contributed by atoms with Crippen LogP contribution in [0, 0.1) is 11.7 Å². The van der Waals surface area contributed by atoms with E-state index in [1.54, 1.807) is 12.1 Å². The zero-order chi connectivity index (χ0) is 15.5. The lowest BCUT2D eigenvalue weighted by Gasteiger charge is -2.40. The number of likely N-dealkylation sites (tertiary alicyclic amines) is 1. The van der Waals surface area contributed by atoms with Crippen molar-refractivity contribution in [2.24, 2.45) is 5.92 Å². The third-order valence-corrected chi connectivity index (χ3v) is 3.97. The molecule has 1 aliphatic heterocycles. The van der Waals surface area contributed by atoms with E-state index in [0.717, 1.165) is 19.6 Å². The van der Waals surface area contributed by atoms with Crippen molar-refractivity contribution in [2.45, 2.75) is 32.2 Å². The van der Waals surface area contributed by atoms with Gasteiger partial charge in [0.25, 0.3) is 0 Å². The molecule has 21 heavy (non-hydrogen) atoms. The highest BCUT2D eigenvalue weighted by molar-refractivity contribution is 5.83. The second-order valence-corrected chi connectivity index (χ2v) is 6.21. The number of hydrogen-bond acceptors (Lipinski definition) is 3. The van der Waals surface area contributed by atoms with E-state index < -0.39 is 11.5 Å². The topological polar surface area (TPSA) is 52.6 Å². The largest absolute Gasteiger partial charge is 0.480 e. The zero-order valence-electron chi connectivity index (χ0n) is 12.6. The highest BCUT2D eigenvalue weighted by Crippen LogP contribution is 2.28. The van der Waals surface area contributed by atoms with Crippen molar-refractivity contribution in [3.63, 3.8) is 0 Å². The maximum absolute atomic E-state index is 12.9. The zero-order valence-corrected chi connectivity index (χ0v) is 12.6. The second kappa shape index (κ2) is 6.43. The van der Waals surface area contributed by atoms with Crippen LogP contribution in [-0.4, -0.2) is 41.1 Å². The van der Waals surface area contributed by atoms with Gasteiger partial charge in [-0.3, -0.25) is 0 Å². The van der Waals surface area contributed by atoms with Crippen molar-refractivity contribution < 1.29 is 14.3 Å². The normalized spacial score (nSPS) is 18.7. The third kappa shape index (κ3) is 3.94. The summed E-state index contributed by atoms with van der Waals surface area (Å²) in [5.41, 5.74) is -0.304. The first kappa shape index (κ1) is 15.8. The third-order valence-electron chi connectivity index (χ3n) is 3.97. The van der Waals surface area contributed by atoms with Gasteiger partial charge in [-0.25, -0.2) is 9.18 Å². The van der Waals surface area contributed by atoms with Crippen LogP contribution in [0.2, 0.25) is 0 Å². The first-order valence-corrected chi connectivity index (χ1v) is 7.41. The lowest BCUT2D eigenvalue weighted by molar-refractivity contribution is -0.144. The molecule has 0 bridgehead atoms. The van der Waals surface area contributed by atoms with Crippen LogP contribution in [0.15, 0.2) is 24.3 Å². The van der Waals surface area contributed by atoms with Crippen molar-refractivity contribution in [1.82, 2.24) is 4.90 Å². The number of piperidine rings is 1. The molecule has 0 radical (unpaired) electrons. The lowest BCUT2D eigenvalue weighted by atomic mass is 9.86. The van der Waals surface area contributed by atoms with Gasteiger partial charge in [-0.15, -0.1) is 0 Å². The number of halogens is 1. The summed E-state index contributed by atoms with van der Waals surface area (Å²) in [6.45, 7) is 6.84. The first-order chi connectivity index (χ1) is 9.91. The van der Waals surface area contributed by atoms with Crippen molar-refractivity contribution >= 4 is 11.7 Å². The fourth-order valence-electron chi connectivity index (χ4n) is 2.84. The Hall–Kier alpha value is -1.62. The summed E-state index contributed by atoms with van der Waals surface area (Å²) in [6.07, 6.45) is 1.10. The van der Waals surface area contributed by atoms with E-state index in [4.69, 9.17) is 0 Å². The summed E-state index contributed by atoms with van der Waals surface area (Å²) in [6, 6.07) is 5.85. The summed E-state index contributed by atoms with van der Waals surface area (Å²) in [5, 5.41) is 12.7. The second-order valence-electron chi connectivity index (χ2n) is 6.21. The molecule has 4 nitrogen and oxygen atoms in total. The van der Waals surface area contributed by atoms with Crippen LogP contribution in [0.3, 0.4) is 0 Å². The number of rotatable bonds is 5. The molecule has 0 aromatic heterocycles.